The van der Waals surface area contributed by atoms with Gasteiger partial charge in [-0.15, -0.1) is 6.58 Å². The Kier molecular flexibility index (Phi) is 4.43. The van der Waals surface area contributed by atoms with Crippen molar-refractivity contribution in [1.82, 2.24) is 9.55 Å². The summed E-state index contributed by atoms with van der Waals surface area (Å²) in [7, 11) is 0. The molecule has 0 N–H and O–H groups in total. The van der Waals surface area contributed by atoms with E-state index < -0.39 is 0 Å². The summed E-state index contributed by atoms with van der Waals surface area (Å²) in [6.07, 6.45) is 3.39. The predicted molar refractivity (Wildman–Crippen MR) is 75.5 cm³/mol. The molecular weight excluding hydrogens is 242 g/mol. The molecule has 0 atom stereocenters. The van der Waals surface area contributed by atoms with Crippen LogP contribution in [0.3, 0.4) is 0 Å². The van der Waals surface area contributed by atoms with Crippen molar-refractivity contribution in [2.75, 3.05) is 5.75 Å². The number of para-hydroxylation sites is 2. The highest BCUT2D eigenvalue weighted by atomic mass is 32.2. The Morgan fingerprint density at radius 2 is 2.28 bits per heavy atom. The number of rotatable bonds is 6. The second-order valence-electron chi connectivity index (χ2n) is 3.89. The number of hydrogen-bond donors (Lipinski definition) is 0. The van der Waals surface area contributed by atoms with Gasteiger partial charge in [-0.05, 0) is 18.6 Å². The number of hydrogen-bond acceptors (Lipinski definition) is 3. The molecule has 1 heterocycles. The van der Waals surface area contributed by atoms with Gasteiger partial charge in [-0.25, -0.2) is 4.98 Å². The van der Waals surface area contributed by atoms with Crippen molar-refractivity contribution in [2.24, 2.45) is 0 Å². The maximum absolute atomic E-state index is 8.52. The number of nitriles is 1. The van der Waals surface area contributed by atoms with Gasteiger partial charge in [0.2, 0.25) is 0 Å². The average molecular weight is 257 g/mol. The first-order chi connectivity index (χ1) is 8.86. The molecule has 2 rings (SSSR count). The molecule has 1 aromatic carbocycles. The van der Waals surface area contributed by atoms with E-state index in [1.54, 1.807) is 11.8 Å². The third kappa shape index (κ3) is 2.74. The number of benzene rings is 1. The Hall–Kier alpha value is -1.73. The Balaban J connectivity index is 2.22. The summed E-state index contributed by atoms with van der Waals surface area (Å²) in [5.74, 6) is 0.925. The molecule has 0 saturated carbocycles. The monoisotopic (exact) mass is 257 g/mol. The van der Waals surface area contributed by atoms with E-state index in [0.29, 0.717) is 6.42 Å². The molecule has 0 fully saturated rings. The highest BCUT2D eigenvalue weighted by molar-refractivity contribution is 7.99. The number of aromatic nitrogens is 2. The van der Waals surface area contributed by atoms with Crippen molar-refractivity contribution in [3.8, 4) is 6.07 Å². The van der Waals surface area contributed by atoms with Crippen molar-refractivity contribution >= 4 is 22.8 Å². The van der Waals surface area contributed by atoms with Crippen LogP contribution in [0, 0.1) is 11.3 Å². The number of nitrogens with zero attached hydrogens (tertiary/aromatic N) is 3. The first kappa shape index (κ1) is 12.7. The Morgan fingerprint density at radius 3 is 3.06 bits per heavy atom. The van der Waals surface area contributed by atoms with E-state index in [4.69, 9.17) is 5.26 Å². The van der Waals surface area contributed by atoms with E-state index in [2.05, 4.69) is 28.3 Å². The zero-order chi connectivity index (χ0) is 12.8. The first-order valence-electron chi connectivity index (χ1n) is 5.92. The zero-order valence-electron chi connectivity index (χ0n) is 10.2. The summed E-state index contributed by atoms with van der Waals surface area (Å²) < 4.78 is 2.17. The number of imidazole rings is 1. The molecule has 0 amide bonds. The van der Waals surface area contributed by atoms with Gasteiger partial charge in [0, 0.05) is 18.7 Å². The highest BCUT2D eigenvalue weighted by Gasteiger charge is 2.09. The summed E-state index contributed by atoms with van der Waals surface area (Å²) in [5, 5.41) is 9.53. The van der Waals surface area contributed by atoms with Gasteiger partial charge in [0.25, 0.3) is 0 Å². The van der Waals surface area contributed by atoms with Crippen LogP contribution in [-0.4, -0.2) is 15.3 Å². The summed E-state index contributed by atoms with van der Waals surface area (Å²) in [6.45, 7) is 4.56. The van der Waals surface area contributed by atoms with E-state index in [1.165, 1.54) is 0 Å². The molecule has 0 bridgehead atoms. The highest BCUT2D eigenvalue weighted by Crippen LogP contribution is 2.24. The molecule has 0 radical (unpaired) electrons. The van der Waals surface area contributed by atoms with Crippen molar-refractivity contribution in [3.63, 3.8) is 0 Å². The molecule has 0 unspecified atom stereocenters. The molecule has 4 heteroatoms. The van der Waals surface area contributed by atoms with Crippen LogP contribution in [0.25, 0.3) is 11.0 Å². The third-order valence-corrected chi connectivity index (χ3v) is 3.66. The van der Waals surface area contributed by atoms with Gasteiger partial charge >= 0.3 is 0 Å². The lowest BCUT2D eigenvalue weighted by Gasteiger charge is -2.04. The molecule has 18 heavy (non-hydrogen) atoms. The maximum atomic E-state index is 8.52. The number of thioether (sulfide) groups is 1. The van der Waals surface area contributed by atoms with E-state index in [1.807, 2.05) is 24.3 Å². The number of unbranched alkanes of at least 4 members (excludes halogenated alkanes) is 1. The Morgan fingerprint density at radius 1 is 1.44 bits per heavy atom. The van der Waals surface area contributed by atoms with Gasteiger partial charge in [-0.3, -0.25) is 0 Å². The fraction of sp³-hybridized carbons (Fsp3) is 0.286. The largest absolute Gasteiger partial charge is 0.315 e. The van der Waals surface area contributed by atoms with Gasteiger partial charge in [-0.2, -0.15) is 5.26 Å². The van der Waals surface area contributed by atoms with Crippen LogP contribution in [0.4, 0.5) is 0 Å². The van der Waals surface area contributed by atoms with Crippen molar-refractivity contribution in [1.29, 1.82) is 5.26 Å². The van der Waals surface area contributed by atoms with Crippen molar-refractivity contribution in [2.45, 2.75) is 24.5 Å². The molecule has 0 spiro atoms. The van der Waals surface area contributed by atoms with Crippen LogP contribution in [0.5, 0.6) is 0 Å². The number of fused-ring (bicyclic) bond motifs is 1. The first-order valence-corrected chi connectivity index (χ1v) is 6.91. The average Bonchev–Trinajstić information content (AvgIpc) is 2.74. The summed E-state index contributed by atoms with van der Waals surface area (Å²) in [4.78, 5) is 4.62. The van der Waals surface area contributed by atoms with Crippen molar-refractivity contribution < 1.29 is 0 Å². The van der Waals surface area contributed by atoms with Gasteiger partial charge in [-0.1, -0.05) is 30.0 Å². The van der Waals surface area contributed by atoms with Crippen LogP contribution in [0.2, 0.25) is 0 Å². The SMILES string of the molecule is C=CCn1c(SCCCC#N)nc2ccccc21. The fourth-order valence-electron chi connectivity index (χ4n) is 1.78. The molecular formula is C14H15N3S. The molecule has 0 saturated heterocycles. The fourth-order valence-corrected chi connectivity index (χ4v) is 2.75. The lowest BCUT2D eigenvalue weighted by atomic mass is 10.3. The van der Waals surface area contributed by atoms with E-state index >= 15 is 0 Å². The second-order valence-corrected chi connectivity index (χ2v) is 4.95. The maximum Gasteiger partial charge on any atom is 0.169 e. The minimum atomic E-state index is 0.606. The summed E-state index contributed by atoms with van der Waals surface area (Å²) in [6, 6.07) is 10.3. The standard InChI is InChI=1S/C14H15N3S/c1-2-10-17-13-8-4-3-7-12(13)16-14(17)18-11-6-5-9-15/h2-4,7-8H,1,5-6,10-11H2. The quantitative estimate of drug-likeness (QED) is 0.451. The summed E-state index contributed by atoms with van der Waals surface area (Å²) >= 11 is 1.71. The molecule has 3 nitrogen and oxygen atoms in total. The lowest BCUT2D eigenvalue weighted by Crippen LogP contribution is -1.97. The molecule has 2 aromatic rings. The zero-order valence-corrected chi connectivity index (χ0v) is 11.0. The van der Waals surface area contributed by atoms with E-state index in [9.17, 15) is 0 Å². The van der Waals surface area contributed by atoms with E-state index in [0.717, 1.165) is 34.9 Å². The van der Waals surface area contributed by atoms with E-state index in [-0.39, 0.29) is 0 Å². The minimum Gasteiger partial charge on any atom is -0.315 e. The van der Waals surface area contributed by atoms with Crippen LogP contribution in [-0.2, 0) is 6.54 Å². The molecule has 0 aliphatic rings. The molecule has 92 valence electrons. The Labute approximate surface area is 111 Å². The van der Waals surface area contributed by atoms with Gasteiger partial charge in [0.05, 0.1) is 17.1 Å². The second kappa shape index (κ2) is 6.27. The third-order valence-electron chi connectivity index (χ3n) is 2.60. The molecule has 0 aliphatic heterocycles. The normalized spacial score (nSPS) is 10.4. The topological polar surface area (TPSA) is 41.6 Å². The molecule has 0 aliphatic carbocycles. The van der Waals surface area contributed by atoms with Gasteiger partial charge in [0.1, 0.15) is 0 Å². The lowest BCUT2D eigenvalue weighted by molar-refractivity contribution is 0.747. The van der Waals surface area contributed by atoms with Gasteiger partial charge in [0.15, 0.2) is 5.16 Å². The van der Waals surface area contributed by atoms with Crippen LogP contribution >= 0.6 is 11.8 Å². The molecule has 1 aromatic heterocycles. The summed E-state index contributed by atoms with van der Waals surface area (Å²) in [5.41, 5.74) is 2.15. The number of allylic oxidation sites excluding steroid dienone is 1. The van der Waals surface area contributed by atoms with Crippen LogP contribution in [0.15, 0.2) is 42.1 Å². The van der Waals surface area contributed by atoms with Crippen LogP contribution in [0.1, 0.15) is 12.8 Å². The minimum absolute atomic E-state index is 0.606. The van der Waals surface area contributed by atoms with Crippen LogP contribution < -0.4 is 0 Å². The smallest absolute Gasteiger partial charge is 0.169 e. The predicted octanol–water partition coefficient (Wildman–Crippen LogP) is 3.62. The Bertz CT molecular complexity index is 580. The van der Waals surface area contributed by atoms with Gasteiger partial charge < -0.3 is 4.57 Å². The van der Waals surface area contributed by atoms with Crippen molar-refractivity contribution in [3.05, 3.63) is 36.9 Å².